The Hall–Kier alpha value is -1.03. The minimum atomic E-state index is -0.796. The van der Waals surface area contributed by atoms with Crippen LogP contribution in [-0.4, -0.2) is 16.7 Å². The van der Waals surface area contributed by atoms with Gasteiger partial charge in [0.05, 0.1) is 5.92 Å². The first kappa shape index (κ1) is 11.5. The zero-order valence-electron chi connectivity index (χ0n) is 9.16. The summed E-state index contributed by atoms with van der Waals surface area (Å²) in [5, 5.41) is 9.24. The van der Waals surface area contributed by atoms with Crippen LogP contribution >= 0.6 is 15.9 Å². The van der Waals surface area contributed by atoms with Crippen molar-refractivity contribution in [2.45, 2.75) is 31.8 Å². The molecule has 1 aromatic rings. The maximum atomic E-state index is 11.2. The first-order chi connectivity index (χ1) is 7.39. The van der Waals surface area contributed by atoms with Gasteiger partial charge in [-0.3, -0.25) is 4.79 Å². The summed E-state index contributed by atoms with van der Waals surface area (Å²) in [6, 6.07) is 5.50. The molecule has 16 heavy (non-hydrogen) atoms. The highest BCUT2D eigenvalue weighted by molar-refractivity contribution is 9.10. The molecule has 0 radical (unpaired) electrons. The summed E-state index contributed by atoms with van der Waals surface area (Å²) in [6.07, 6.45) is 0.492. The van der Waals surface area contributed by atoms with Gasteiger partial charge in [0.2, 0.25) is 0 Å². The number of carbonyl (C=O) groups is 1. The van der Waals surface area contributed by atoms with Gasteiger partial charge in [0.25, 0.3) is 0 Å². The maximum absolute atomic E-state index is 11.2. The van der Waals surface area contributed by atoms with Crippen LogP contribution in [0.5, 0.6) is 5.75 Å². The molecule has 1 heterocycles. The molecule has 1 N–H and O–H groups in total. The second kappa shape index (κ2) is 3.77. The molecule has 86 valence electrons. The molecule has 0 aromatic heterocycles. The standard InChI is InChI=1S/C12H13BrO3/c1-12(2)6-9(11(14)15)8-5-7(13)3-4-10(8)16-12/h3-5,9H,6H2,1-2H3,(H,14,15). The number of aliphatic carboxylic acids is 1. The van der Waals surface area contributed by atoms with E-state index in [0.717, 1.165) is 10.0 Å². The predicted octanol–water partition coefficient (Wildman–Crippen LogP) is 3.18. The smallest absolute Gasteiger partial charge is 0.311 e. The number of halogens is 1. The highest BCUT2D eigenvalue weighted by atomic mass is 79.9. The van der Waals surface area contributed by atoms with Crippen molar-refractivity contribution in [1.82, 2.24) is 0 Å². The van der Waals surface area contributed by atoms with Gasteiger partial charge in [-0.25, -0.2) is 0 Å². The summed E-state index contributed by atoms with van der Waals surface area (Å²) in [7, 11) is 0. The Labute approximate surface area is 103 Å². The van der Waals surface area contributed by atoms with Gasteiger partial charge < -0.3 is 9.84 Å². The van der Waals surface area contributed by atoms with Crippen LogP contribution < -0.4 is 4.74 Å². The zero-order valence-corrected chi connectivity index (χ0v) is 10.7. The van der Waals surface area contributed by atoms with Crippen molar-refractivity contribution in [2.75, 3.05) is 0 Å². The van der Waals surface area contributed by atoms with E-state index in [1.807, 2.05) is 32.0 Å². The minimum absolute atomic E-state index is 0.427. The Morgan fingerprint density at radius 2 is 2.25 bits per heavy atom. The molecule has 1 aliphatic rings. The molecule has 3 nitrogen and oxygen atoms in total. The van der Waals surface area contributed by atoms with Crippen LogP contribution in [0, 0.1) is 0 Å². The SMILES string of the molecule is CC1(C)CC(C(=O)O)c2cc(Br)ccc2O1. The van der Waals surface area contributed by atoms with Crippen molar-refractivity contribution in [3.8, 4) is 5.75 Å². The summed E-state index contributed by atoms with van der Waals surface area (Å²) in [5.41, 5.74) is 0.324. The molecule has 2 rings (SSSR count). The van der Waals surface area contributed by atoms with Gasteiger partial charge in [0.15, 0.2) is 0 Å². The largest absolute Gasteiger partial charge is 0.488 e. The Kier molecular flexibility index (Phi) is 2.70. The van der Waals surface area contributed by atoms with Gasteiger partial charge in [-0.05, 0) is 32.0 Å². The Bertz CT molecular complexity index is 440. The van der Waals surface area contributed by atoms with Crippen molar-refractivity contribution >= 4 is 21.9 Å². The minimum Gasteiger partial charge on any atom is -0.488 e. The molecule has 0 saturated heterocycles. The molecule has 1 aliphatic heterocycles. The summed E-state index contributed by atoms with van der Waals surface area (Å²) >= 11 is 3.35. The normalized spacial score (nSPS) is 22.1. The maximum Gasteiger partial charge on any atom is 0.311 e. The van der Waals surface area contributed by atoms with E-state index in [0.29, 0.717) is 12.2 Å². The molecule has 0 saturated carbocycles. The van der Waals surface area contributed by atoms with E-state index in [9.17, 15) is 9.90 Å². The van der Waals surface area contributed by atoms with Gasteiger partial charge in [-0.1, -0.05) is 15.9 Å². The average molecular weight is 285 g/mol. The number of hydrogen-bond donors (Lipinski definition) is 1. The lowest BCUT2D eigenvalue weighted by molar-refractivity contribution is -0.140. The first-order valence-electron chi connectivity index (χ1n) is 5.10. The summed E-state index contributed by atoms with van der Waals surface area (Å²) in [5.74, 6) is -0.612. The first-order valence-corrected chi connectivity index (χ1v) is 5.90. The molecule has 0 aliphatic carbocycles. The monoisotopic (exact) mass is 284 g/mol. The average Bonchev–Trinajstić information content (AvgIpc) is 2.16. The van der Waals surface area contributed by atoms with Gasteiger partial charge in [0.1, 0.15) is 11.4 Å². The number of fused-ring (bicyclic) bond motifs is 1. The van der Waals surface area contributed by atoms with Crippen molar-refractivity contribution in [1.29, 1.82) is 0 Å². The third-order valence-electron chi connectivity index (χ3n) is 2.73. The number of rotatable bonds is 1. The highest BCUT2D eigenvalue weighted by Gasteiger charge is 2.37. The summed E-state index contributed by atoms with van der Waals surface area (Å²) < 4.78 is 6.65. The molecule has 0 spiro atoms. The van der Waals surface area contributed by atoms with Crippen molar-refractivity contribution in [2.24, 2.45) is 0 Å². The fourth-order valence-corrected chi connectivity index (χ4v) is 2.42. The third kappa shape index (κ3) is 2.07. The predicted molar refractivity (Wildman–Crippen MR) is 63.8 cm³/mol. The highest BCUT2D eigenvalue weighted by Crippen LogP contribution is 2.41. The second-order valence-corrected chi connectivity index (χ2v) is 5.55. The van der Waals surface area contributed by atoms with Gasteiger partial charge in [-0.15, -0.1) is 0 Å². The lowest BCUT2D eigenvalue weighted by Crippen LogP contribution is -2.37. The molecule has 0 bridgehead atoms. The van der Waals surface area contributed by atoms with E-state index >= 15 is 0 Å². The Morgan fingerprint density at radius 1 is 1.56 bits per heavy atom. The lowest BCUT2D eigenvalue weighted by atomic mass is 9.84. The molecule has 4 heteroatoms. The molecule has 0 amide bonds. The molecule has 1 aromatic carbocycles. The van der Waals surface area contributed by atoms with E-state index in [-0.39, 0.29) is 0 Å². The summed E-state index contributed by atoms with van der Waals surface area (Å²) in [6.45, 7) is 3.82. The van der Waals surface area contributed by atoms with Gasteiger partial charge >= 0.3 is 5.97 Å². The lowest BCUT2D eigenvalue weighted by Gasteiger charge is -2.36. The van der Waals surface area contributed by atoms with Crippen LogP contribution in [0.15, 0.2) is 22.7 Å². The fraction of sp³-hybridized carbons (Fsp3) is 0.417. The Balaban J connectivity index is 2.51. The number of benzene rings is 1. The van der Waals surface area contributed by atoms with Crippen LogP contribution in [0.25, 0.3) is 0 Å². The van der Waals surface area contributed by atoms with E-state index in [1.54, 1.807) is 0 Å². The summed E-state index contributed by atoms with van der Waals surface area (Å²) in [4.78, 5) is 11.2. The van der Waals surface area contributed by atoms with Crippen molar-refractivity contribution in [3.63, 3.8) is 0 Å². The van der Waals surface area contributed by atoms with E-state index in [4.69, 9.17) is 4.74 Å². The van der Waals surface area contributed by atoms with Crippen LogP contribution in [0.4, 0.5) is 0 Å². The Morgan fingerprint density at radius 3 is 2.88 bits per heavy atom. The van der Waals surface area contributed by atoms with Gasteiger partial charge in [0, 0.05) is 16.5 Å². The molecule has 1 atom stereocenters. The van der Waals surface area contributed by atoms with E-state index in [2.05, 4.69) is 15.9 Å². The van der Waals surface area contributed by atoms with Crippen LogP contribution in [0.3, 0.4) is 0 Å². The number of hydrogen-bond acceptors (Lipinski definition) is 2. The van der Waals surface area contributed by atoms with Crippen LogP contribution in [-0.2, 0) is 4.79 Å². The molecular formula is C12H13BrO3. The fourth-order valence-electron chi connectivity index (χ4n) is 2.05. The number of ether oxygens (including phenoxy) is 1. The number of carboxylic acid groups (broad SMARTS) is 1. The van der Waals surface area contributed by atoms with Crippen molar-refractivity contribution < 1.29 is 14.6 Å². The molecular weight excluding hydrogens is 272 g/mol. The van der Waals surface area contributed by atoms with Crippen LogP contribution in [0.2, 0.25) is 0 Å². The second-order valence-electron chi connectivity index (χ2n) is 4.64. The quantitative estimate of drug-likeness (QED) is 0.862. The third-order valence-corrected chi connectivity index (χ3v) is 3.22. The molecule has 1 unspecified atom stereocenters. The van der Waals surface area contributed by atoms with E-state index < -0.39 is 17.5 Å². The number of carboxylic acids is 1. The van der Waals surface area contributed by atoms with Gasteiger partial charge in [-0.2, -0.15) is 0 Å². The van der Waals surface area contributed by atoms with Crippen LogP contribution in [0.1, 0.15) is 31.7 Å². The van der Waals surface area contributed by atoms with E-state index in [1.165, 1.54) is 0 Å². The zero-order chi connectivity index (χ0) is 11.9. The topological polar surface area (TPSA) is 46.5 Å². The molecule has 0 fully saturated rings. The van der Waals surface area contributed by atoms with Crippen molar-refractivity contribution in [3.05, 3.63) is 28.2 Å².